The van der Waals surface area contributed by atoms with Crippen LogP contribution < -0.4 is 4.74 Å². The standard InChI is InChI=1S/C16H20BrNO2/c17-8-2-9-18(14-3-1-4-14)16(19)13-5-6-15-12(11-13)7-10-20-15/h5-6,11,14H,1-4,7-10H2. The quantitative estimate of drug-likeness (QED) is 0.770. The maximum absolute atomic E-state index is 12.8. The van der Waals surface area contributed by atoms with E-state index in [9.17, 15) is 4.79 Å². The fraction of sp³-hybridized carbons (Fsp3) is 0.562. The molecule has 1 amide bonds. The van der Waals surface area contributed by atoms with Crippen LogP contribution in [0.3, 0.4) is 0 Å². The molecule has 4 heteroatoms. The van der Waals surface area contributed by atoms with E-state index in [1.165, 1.54) is 12.0 Å². The molecule has 1 aliphatic carbocycles. The third-order valence-electron chi connectivity index (χ3n) is 4.25. The summed E-state index contributed by atoms with van der Waals surface area (Å²) in [6.07, 6.45) is 5.49. The van der Waals surface area contributed by atoms with Crippen LogP contribution in [0.15, 0.2) is 18.2 Å². The van der Waals surface area contributed by atoms with Gasteiger partial charge in [0.25, 0.3) is 5.91 Å². The molecule has 0 saturated heterocycles. The maximum Gasteiger partial charge on any atom is 0.254 e. The average molecular weight is 338 g/mol. The molecule has 108 valence electrons. The van der Waals surface area contributed by atoms with Crippen LogP contribution >= 0.6 is 15.9 Å². The summed E-state index contributed by atoms with van der Waals surface area (Å²) in [5.41, 5.74) is 1.99. The summed E-state index contributed by atoms with van der Waals surface area (Å²) < 4.78 is 5.51. The minimum atomic E-state index is 0.186. The Balaban J connectivity index is 1.77. The Kier molecular flexibility index (Phi) is 4.29. The van der Waals surface area contributed by atoms with Gasteiger partial charge in [-0.2, -0.15) is 0 Å². The van der Waals surface area contributed by atoms with Crippen molar-refractivity contribution >= 4 is 21.8 Å². The van der Waals surface area contributed by atoms with Crippen LogP contribution in [0.2, 0.25) is 0 Å². The van der Waals surface area contributed by atoms with Crippen LogP contribution in [0.25, 0.3) is 0 Å². The van der Waals surface area contributed by atoms with E-state index in [2.05, 4.69) is 20.8 Å². The van der Waals surface area contributed by atoms with E-state index < -0.39 is 0 Å². The monoisotopic (exact) mass is 337 g/mol. The van der Waals surface area contributed by atoms with Crippen LogP contribution in [0, 0.1) is 0 Å². The van der Waals surface area contributed by atoms with Crippen molar-refractivity contribution in [3.63, 3.8) is 0 Å². The van der Waals surface area contributed by atoms with Crippen molar-refractivity contribution in [2.45, 2.75) is 38.1 Å². The minimum Gasteiger partial charge on any atom is -0.493 e. The summed E-state index contributed by atoms with van der Waals surface area (Å²) >= 11 is 3.46. The summed E-state index contributed by atoms with van der Waals surface area (Å²) in [7, 11) is 0. The number of benzene rings is 1. The van der Waals surface area contributed by atoms with Gasteiger partial charge < -0.3 is 9.64 Å². The van der Waals surface area contributed by atoms with Gasteiger partial charge in [0.1, 0.15) is 5.75 Å². The molecule has 0 atom stereocenters. The van der Waals surface area contributed by atoms with Gasteiger partial charge in [-0.15, -0.1) is 0 Å². The fourth-order valence-corrected chi connectivity index (χ4v) is 3.11. The zero-order valence-electron chi connectivity index (χ0n) is 11.6. The number of fused-ring (bicyclic) bond motifs is 1. The lowest BCUT2D eigenvalue weighted by Gasteiger charge is -2.37. The van der Waals surface area contributed by atoms with E-state index >= 15 is 0 Å². The van der Waals surface area contributed by atoms with E-state index in [0.717, 1.165) is 55.5 Å². The van der Waals surface area contributed by atoms with Crippen molar-refractivity contribution < 1.29 is 9.53 Å². The molecule has 20 heavy (non-hydrogen) atoms. The second-order valence-corrected chi connectivity index (χ2v) is 6.34. The molecule has 0 N–H and O–H groups in total. The molecular formula is C16H20BrNO2. The van der Waals surface area contributed by atoms with E-state index in [0.29, 0.717) is 6.04 Å². The number of rotatable bonds is 5. The Morgan fingerprint density at radius 2 is 2.25 bits per heavy atom. The van der Waals surface area contributed by atoms with Crippen LogP contribution in [0.4, 0.5) is 0 Å². The largest absolute Gasteiger partial charge is 0.493 e. The van der Waals surface area contributed by atoms with Gasteiger partial charge in [-0.25, -0.2) is 0 Å². The summed E-state index contributed by atoms with van der Waals surface area (Å²) in [4.78, 5) is 14.8. The molecule has 1 heterocycles. The molecule has 0 bridgehead atoms. The van der Waals surface area contributed by atoms with Gasteiger partial charge in [-0.05, 0) is 49.4 Å². The number of ether oxygens (including phenoxy) is 1. The molecule has 0 radical (unpaired) electrons. The zero-order chi connectivity index (χ0) is 13.9. The molecule has 2 aliphatic rings. The maximum atomic E-state index is 12.8. The average Bonchev–Trinajstić information content (AvgIpc) is 2.87. The highest BCUT2D eigenvalue weighted by Gasteiger charge is 2.29. The molecule has 1 aromatic rings. The van der Waals surface area contributed by atoms with Crippen LogP contribution in [0.1, 0.15) is 41.6 Å². The third kappa shape index (κ3) is 2.71. The molecule has 3 rings (SSSR count). The van der Waals surface area contributed by atoms with Gasteiger partial charge in [-0.1, -0.05) is 15.9 Å². The third-order valence-corrected chi connectivity index (χ3v) is 4.81. The van der Waals surface area contributed by atoms with Gasteiger partial charge in [0.2, 0.25) is 0 Å². The second kappa shape index (κ2) is 6.17. The first-order valence-electron chi connectivity index (χ1n) is 7.42. The van der Waals surface area contributed by atoms with Gasteiger partial charge in [0, 0.05) is 29.9 Å². The van der Waals surface area contributed by atoms with Crippen molar-refractivity contribution in [1.29, 1.82) is 0 Å². The summed E-state index contributed by atoms with van der Waals surface area (Å²) in [5.74, 6) is 1.13. The molecule has 1 fully saturated rings. The number of carbonyl (C=O) groups excluding carboxylic acids is 1. The number of nitrogens with zero attached hydrogens (tertiary/aromatic N) is 1. The van der Waals surface area contributed by atoms with E-state index in [-0.39, 0.29) is 5.91 Å². The second-order valence-electron chi connectivity index (χ2n) is 5.55. The van der Waals surface area contributed by atoms with Crippen LogP contribution in [-0.4, -0.2) is 35.3 Å². The fourth-order valence-electron chi connectivity index (χ4n) is 2.86. The van der Waals surface area contributed by atoms with Crippen molar-refractivity contribution in [2.24, 2.45) is 0 Å². The van der Waals surface area contributed by atoms with E-state index in [1.54, 1.807) is 0 Å². The van der Waals surface area contributed by atoms with Crippen LogP contribution in [0.5, 0.6) is 5.75 Å². The van der Waals surface area contributed by atoms with Crippen molar-refractivity contribution in [1.82, 2.24) is 4.90 Å². The lowest BCUT2D eigenvalue weighted by atomic mass is 9.90. The highest BCUT2D eigenvalue weighted by Crippen LogP contribution is 2.29. The van der Waals surface area contributed by atoms with Gasteiger partial charge in [0.15, 0.2) is 0 Å². The first-order chi connectivity index (χ1) is 9.79. The van der Waals surface area contributed by atoms with Crippen molar-refractivity contribution in [3.05, 3.63) is 29.3 Å². The molecule has 0 unspecified atom stereocenters. The topological polar surface area (TPSA) is 29.5 Å². The number of amides is 1. The first-order valence-corrected chi connectivity index (χ1v) is 8.54. The number of halogens is 1. The summed E-state index contributed by atoms with van der Waals surface area (Å²) in [5, 5.41) is 0.946. The highest BCUT2D eigenvalue weighted by molar-refractivity contribution is 9.09. The van der Waals surface area contributed by atoms with Crippen molar-refractivity contribution in [3.8, 4) is 5.75 Å². The first kappa shape index (κ1) is 13.9. The van der Waals surface area contributed by atoms with E-state index in [4.69, 9.17) is 4.74 Å². The Hall–Kier alpha value is -1.03. The predicted octanol–water partition coefficient (Wildman–Crippen LogP) is 3.40. The molecule has 1 aromatic carbocycles. The lowest BCUT2D eigenvalue weighted by molar-refractivity contribution is 0.0581. The lowest BCUT2D eigenvalue weighted by Crippen LogP contribution is -2.44. The molecule has 1 aliphatic heterocycles. The zero-order valence-corrected chi connectivity index (χ0v) is 13.2. The number of hydrogen-bond donors (Lipinski definition) is 0. The van der Waals surface area contributed by atoms with Gasteiger partial charge in [-0.3, -0.25) is 4.79 Å². The van der Waals surface area contributed by atoms with Gasteiger partial charge >= 0.3 is 0 Å². The molecule has 1 saturated carbocycles. The smallest absolute Gasteiger partial charge is 0.254 e. The molecular weight excluding hydrogens is 318 g/mol. The predicted molar refractivity (Wildman–Crippen MR) is 82.7 cm³/mol. The normalized spacial score (nSPS) is 17.2. The van der Waals surface area contributed by atoms with Gasteiger partial charge in [0.05, 0.1) is 6.61 Å². The van der Waals surface area contributed by atoms with E-state index in [1.807, 2.05) is 18.2 Å². The highest BCUT2D eigenvalue weighted by atomic mass is 79.9. The Morgan fingerprint density at radius 3 is 2.95 bits per heavy atom. The molecule has 0 aromatic heterocycles. The SMILES string of the molecule is O=C(c1ccc2c(c1)CCO2)N(CCCBr)C1CCC1. The summed E-state index contributed by atoms with van der Waals surface area (Å²) in [6.45, 7) is 1.59. The summed E-state index contributed by atoms with van der Waals surface area (Å²) in [6, 6.07) is 6.32. The minimum absolute atomic E-state index is 0.186. The Labute approximate surface area is 128 Å². The number of alkyl halides is 1. The number of carbonyl (C=O) groups is 1. The van der Waals surface area contributed by atoms with Crippen LogP contribution in [-0.2, 0) is 6.42 Å². The van der Waals surface area contributed by atoms with Crippen molar-refractivity contribution in [2.75, 3.05) is 18.5 Å². The number of hydrogen-bond acceptors (Lipinski definition) is 2. The molecule has 0 spiro atoms. The Morgan fingerprint density at radius 1 is 1.40 bits per heavy atom. The Bertz CT molecular complexity index is 499. The molecule has 3 nitrogen and oxygen atoms in total.